The van der Waals surface area contributed by atoms with E-state index >= 15 is 0 Å². The minimum atomic E-state index is -4.17. The molecule has 2 aromatic heterocycles. The van der Waals surface area contributed by atoms with Crippen LogP contribution in [-0.4, -0.2) is 24.9 Å². The lowest BCUT2D eigenvalue weighted by Gasteiger charge is -2.12. The number of nitrogens with one attached hydrogen (secondary N) is 1. The molecule has 0 amide bonds. The maximum absolute atomic E-state index is 13.2. The number of rotatable bonds is 4. The summed E-state index contributed by atoms with van der Waals surface area (Å²) in [4.78, 5) is 17.6. The van der Waals surface area contributed by atoms with E-state index in [2.05, 4.69) is 9.71 Å². The number of hydrogen-bond donors (Lipinski definition) is 1. The van der Waals surface area contributed by atoms with Gasteiger partial charge in [-0.2, -0.15) is 0 Å². The molecule has 28 heavy (non-hydrogen) atoms. The van der Waals surface area contributed by atoms with Gasteiger partial charge in [0, 0.05) is 0 Å². The molecule has 0 spiro atoms. The molecular weight excluding hydrogens is 398 g/mol. The van der Waals surface area contributed by atoms with E-state index in [9.17, 15) is 13.2 Å². The third-order valence-corrected chi connectivity index (χ3v) is 6.86. The largest absolute Gasteiger partial charge is 0.495 e. The number of thiazole rings is 1. The van der Waals surface area contributed by atoms with Gasteiger partial charge in [-0.25, -0.2) is 17.8 Å². The van der Waals surface area contributed by atoms with Gasteiger partial charge < -0.3 is 4.74 Å². The van der Waals surface area contributed by atoms with Crippen LogP contribution in [0.3, 0.4) is 0 Å². The van der Waals surface area contributed by atoms with Crippen LogP contribution < -0.4 is 15.0 Å². The Kier molecular flexibility index (Phi) is 4.35. The van der Waals surface area contributed by atoms with Crippen molar-refractivity contribution in [3.05, 3.63) is 64.1 Å². The van der Waals surface area contributed by atoms with Gasteiger partial charge in [-0.05, 0) is 43.7 Å². The van der Waals surface area contributed by atoms with Crippen molar-refractivity contribution in [3.63, 3.8) is 0 Å². The first-order chi connectivity index (χ1) is 13.3. The van der Waals surface area contributed by atoms with E-state index in [1.807, 2.05) is 19.1 Å². The number of nitrogens with zero attached hydrogens (tertiary/aromatic N) is 2. The van der Waals surface area contributed by atoms with Gasteiger partial charge in [0.2, 0.25) is 0 Å². The Morgan fingerprint density at radius 1 is 1.14 bits per heavy atom. The lowest BCUT2D eigenvalue weighted by molar-refractivity contribution is 0.417. The standard InChI is InChI=1S/C19H17N3O4S2/c1-11-8-9-14-16(10-11)27-19-20-12(2)17(18(23)22(14)19)28(24,25)21-13-6-4-5-7-15(13)26-3/h4-10,21H,1-3H3. The molecule has 1 N–H and O–H groups in total. The molecule has 0 saturated carbocycles. The monoisotopic (exact) mass is 415 g/mol. The van der Waals surface area contributed by atoms with Gasteiger partial charge in [-0.1, -0.05) is 29.5 Å². The number of anilines is 1. The van der Waals surface area contributed by atoms with Crippen molar-refractivity contribution in [2.75, 3.05) is 11.8 Å². The number of para-hydroxylation sites is 2. The lowest BCUT2D eigenvalue weighted by atomic mass is 10.2. The summed E-state index contributed by atoms with van der Waals surface area (Å²) in [6, 6.07) is 12.2. The molecule has 0 aliphatic rings. The van der Waals surface area contributed by atoms with Crippen molar-refractivity contribution >= 4 is 42.2 Å². The average molecular weight is 415 g/mol. The highest BCUT2D eigenvalue weighted by Gasteiger charge is 2.26. The number of sulfonamides is 1. The zero-order valence-corrected chi connectivity index (χ0v) is 17.0. The molecule has 7 nitrogen and oxygen atoms in total. The minimum absolute atomic E-state index is 0.149. The Hall–Kier alpha value is -2.91. The second-order valence-corrected chi connectivity index (χ2v) is 8.96. The SMILES string of the molecule is COc1ccccc1NS(=O)(=O)c1c(C)nc2sc3cc(C)ccc3n2c1=O. The second-order valence-electron chi connectivity index (χ2n) is 6.33. The summed E-state index contributed by atoms with van der Waals surface area (Å²) in [7, 11) is -2.73. The van der Waals surface area contributed by atoms with Crippen molar-refractivity contribution in [1.82, 2.24) is 9.38 Å². The van der Waals surface area contributed by atoms with Crippen molar-refractivity contribution in [2.24, 2.45) is 0 Å². The Balaban J connectivity index is 1.95. The number of methoxy groups -OCH3 is 1. The van der Waals surface area contributed by atoms with Gasteiger partial charge in [0.15, 0.2) is 9.86 Å². The second kappa shape index (κ2) is 6.61. The van der Waals surface area contributed by atoms with Crippen LogP contribution in [0.2, 0.25) is 0 Å². The molecule has 0 aliphatic carbocycles. The molecule has 2 heterocycles. The van der Waals surface area contributed by atoms with Crippen molar-refractivity contribution < 1.29 is 13.2 Å². The Bertz CT molecular complexity index is 1390. The molecule has 0 saturated heterocycles. The topological polar surface area (TPSA) is 89.8 Å². The fraction of sp³-hybridized carbons (Fsp3) is 0.158. The molecule has 9 heteroatoms. The number of benzene rings is 2. The van der Waals surface area contributed by atoms with E-state index in [1.165, 1.54) is 29.8 Å². The quantitative estimate of drug-likeness (QED) is 0.552. The molecule has 2 aromatic carbocycles. The first-order valence-electron chi connectivity index (χ1n) is 8.40. The van der Waals surface area contributed by atoms with Gasteiger partial charge in [0.05, 0.1) is 28.7 Å². The Morgan fingerprint density at radius 2 is 1.89 bits per heavy atom. The molecule has 0 atom stereocenters. The minimum Gasteiger partial charge on any atom is -0.495 e. The van der Waals surface area contributed by atoms with Crippen LogP contribution in [0.25, 0.3) is 15.2 Å². The van der Waals surface area contributed by atoms with Crippen LogP contribution in [0.1, 0.15) is 11.3 Å². The van der Waals surface area contributed by atoms with E-state index < -0.39 is 15.6 Å². The normalized spacial score (nSPS) is 11.8. The zero-order valence-electron chi connectivity index (χ0n) is 15.4. The number of hydrogen-bond acceptors (Lipinski definition) is 6. The highest BCUT2D eigenvalue weighted by Crippen LogP contribution is 2.28. The first-order valence-corrected chi connectivity index (χ1v) is 10.7. The van der Waals surface area contributed by atoms with Crippen LogP contribution in [0.15, 0.2) is 52.2 Å². The van der Waals surface area contributed by atoms with Crippen molar-refractivity contribution in [2.45, 2.75) is 18.7 Å². The molecule has 0 radical (unpaired) electrons. The van der Waals surface area contributed by atoms with Gasteiger partial charge in [0.1, 0.15) is 5.75 Å². The zero-order chi connectivity index (χ0) is 20.1. The maximum Gasteiger partial charge on any atom is 0.280 e. The van der Waals surface area contributed by atoms with Gasteiger partial charge in [0.25, 0.3) is 15.6 Å². The van der Waals surface area contributed by atoms with Crippen molar-refractivity contribution in [3.8, 4) is 5.75 Å². The number of fused-ring (bicyclic) bond motifs is 3. The van der Waals surface area contributed by atoms with Crippen molar-refractivity contribution in [1.29, 1.82) is 0 Å². The van der Waals surface area contributed by atoms with E-state index in [0.717, 1.165) is 10.3 Å². The number of aryl methyl sites for hydroxylation is 2. The van der Waals surface area contributed by atoms with Gasteiger partial charge in [-0.15, -0.1) is 0 Å². The van der Waals surface area contributed by atoms with Crippen LogP contribution in [-0.2, 0) is 10.0 Å². The van der Waals surface area contributed by atoms with Crippen LogP contribution in [0, 0.1) is 13.8 Å². The fourth-order valence-corrected chi connectivity index (χ4v) is 5.57. The van der Waals surface area contributed by atoms with Crippen LogP contribution >= 0.6 is 11.3 Å². The Morgan fingerprint density at radius 3 is 2.64 bits per heavy atom. The average Bonchev–Trinajstić information content (AvgIpc) is 2.98. The van der Waals surface area contributed by atoms with Gasteiger partial charge in [-0.3, -0.25) is 9.52 Å². The molecule has 4 rings (SSSR count). The molecule has 0 fully saturated rings. The molecule has 0 unspecified atom stereocenters. The van der Waals surface area contributed by atoms with E-state index in [4.69, 9.17) is 4.74 Å². The summed E-state index contributed by atoms with van der Waals surface area (Å²) in [6.07, 6.45) is 0. The smallest absolute Gasteiger partial charge is 0.280 e. The summed E-state index contributed by atoms with van der Waals surface area (Å²) in [5.74, 6) is 0.356. The lowest BCUT2D eigenvalue weighted by Crippen LogP contribution is -2.27. The molecule has 144 valence electrons. The van der Waals surface area contributed by atoms with Crippen LogP contribution in [0.5, 0.6) is 5.75 Å². The number of ether oxygens (including phenoxy) is 1. The molecule has 0 aliphatic heterocycles. The number of aromatic nitrogens is 2. The molecule has 0 bridgehead atoms. The molecular formula is C19H17N3O4S2. The first kappa shape index (κ1) is 18.5. The third-order valence-electron chi connectivity index (χ3n) is 4.36. The van der Waals surface area contributed by atoms with Crippen LogP contribution in [0.4, 0.5) is 5.69 Å². The summed E-state index contributed by atoms with van der Waals surface area (Å²) in [6.45, 7) is 3.48. The summed E-state index contributed by atoms with van der Waals surface area (Å²) < 4.78 is 36.0. The predicted molar refractivity (Wildman–Crippen MR) is 110 cm³/mol. The van der Waals surface area contributed by atoms with E-state index in [1.54, 1.807) is 30.3 Å². The third kappa shape index (κ3) is 2.92. The fourth-order valence-electron chi connectivity index (χ4n) is 3.09. The highest BCUT2D eigenvalue weighted by molar-refractivity contribution is 7.92. The van der Waals surface area contributed by atoms with Gasteiger partial charge >= 0.3 is 0 Å². The summed E-state index contributed by atoms with van der Waals surface area (Å²) in [5.41, 5.74) is 1.46. The Labute approximate surface area is 165 Å². The predicted octanol–water partition coefficient (Wildman–Crippen LogP) is 3.34. The highest BCUT2D eigenvalue weighted by atomic mass is 32.2. The molecule has 4 aromatic rings. The summed E-state index contributed by atoms with van der Waals surface area (Å²) in [5, 5.41) is 0. The van der Waals surface area contributed by atoms with E-state index in [-0.39, 0.29) is 16.3 Å². The summed E-state index contributed by atoms with van der Waals surface area (Å²) >= 11 is 1.35. The maximum atomic E-state index is 13.2. The van der Waals surface area contributed by atoms with E-state index in [0.29, 0.717) is 16.2 Å².